The van der Waals surface area contributed by atoms with Crippen LogP contribution in [0, 0.1) is 39.0 Å². The van der Waals surface area contributed by atoms with E-state index in [2.05, 4.69) is 41.9 Å². The van der Waals surface area contributed by atoms with E-state index in [-0.39, 0.29) is 10.6 Å². The van der Waals surface area contributed by atoms with Crippen LogP contribution in [0.2, 0.25) is 10.0 Å². The van der Waals surface area contributed by atoms with Crippen LogP contribution >= 0.6 is 23.2 Å². The van der Waals surface area contributed by atoms with Crippen LogP contribution < -0.4 is 5.32 Å². The normalized spacial score (nSPS) is 11.3. The topological polar surface area (TPSA) is 57.8 Å². The predicted octanol–water partition coefficient (Wildman–Crippen LogP) is 6.56. The second-order valence-corrected chi connectivity index (χ2v) is 7.94. The minimum absolute atomic E-state index is 0.0219. The third-order valence-corrected chi connectivity index (χ3v) is 5.90. The molecule has 1 N–H and O–H groups in total. The maximum Gasteiger partial charge on any atom is 0.266 e. The van der Waals surface area contributed by atoms with Crippen molar-refractivity contribution >= 4 is 40.9 Å². The van der Waals surface area contributed by atoms with Crippen LogP contribution in [0.4, 0.5) is 5.69 Å². The summed E-state index contributed by atoms with van der Waals surface area (Å²) in [7, 11) is 0. The largest absolute Gasteiger partial charge is 0.320 e. The molecule has 30 heavy (non-hydrogen) atoms. The molecular weight excluding hydrogens is 417 g/mol. The number of aromatic nitrogens is 1. The Hall–Kier alpha value is -3.00. The van der Waals surface area contributed by atoms with Crippen molar-refractivity contribution < 1.29 is 4.79 Å². The lowest BCUT2D eigenvalue weighted by Gasteiger charge is -2.12. The van der Waals surface area contributed by atoms with Crippen LogP contribution in [0.25, 0.3) is 11.8 Å². The molecule has 3 aromatic rings. The van der Waals surface area contributed by atoms with Crippen LogP contribution in [0.5, 0.6) is 0 Å². The Kier molecular flexibility index (Phi) is 6.36. The summed E-state index contributed by atoms with van der Waals surface area (Å²) in [5.74, 6) is -0.544. The van der Waals surface area contributed by atoms with Gasteiger partial charge in [-0.2, -0.15) is 5.26 Å². The highest BCUT2D eigenvalue weighted by Crippen LogP contribution is 2.30. The predicted molar refractivity (Wildman–Crippen MR) is 123 cm³/mol. The van der Waals surface area contributed by atoms with Crippen LogP contribution in [0.3, 0.4) is 0 Å². The molecule has 152 valence electrons. The van der Waals surface area contributed by atoms with Crippen molar-refractivity contribution in [3.05, 3.63) is 86.2 Å². The molecule has 0 spiro atoms. The standard InChI is InChI=1S/C24H21Cl2N3O/c1-14-8-9-20(10-15(14)2)29-16(3)11-18(17(29)4)12-19(13-27)24(30)28-22-7-5-6-21(25)23(22)26/h5-12H,1-4H3,(H,28,30)/b19-12-. The molecule has 0 aliphatic heterocycles. The summed E-state index contributed by atoms with van der Waals surface area (Å²) < 4.78 is 2.11. The molecule has 0 bridgehead atoms. The number of hydrogen-bond acceptors (Lipinski definition) is 2. The van der Waals surface area contributed by atoms with Gasteiger partial charge in [0, 0.05) is 17.1 Å². The van der Waals surface area contributed by atoms with Crippen molar-refractivity contribution in [1.29, 1.82) is 5.26 Å². The summed E-state index contributed by atoms with van der Waals surface area (Å²) in [4.78, 5) is 12.7. The molecule has 1 amide bonds. The Morgan fingerprint density at radius 1 is 1.07 bits per heavy atom. The Labute approximate surface area is 186 Å². The number of nitrogens with one attached hydrogen (secondary N) is 1. The van der Waals surface area contributed by atoms with E-state index in [1.165, 1.54) is 11.1 Å². The minimum atomic E-state index is -0.544. The van der Waals surface area contributed by atoms with E-state index >= 15 is 0 Å². The van der Waals surface area contributed by atoms with Crippen molar-refractivity contribution in [2.75, 3.05) is 5.32 Å². The lowest BCUT2D eigenvalue weighted by atomic mass is 10.1. The number of nitriles is 1. The third-order valence-electron chi connectivity index (χ3n) is 5.08. The van der Waals surface area contributed by atoms with Crippen molar-refractivity contribution in [2.24, 2.45) is 0 Å². The van der Waals surface area contributed by atoms with Crippen LogP contribution in [0.15, 0.2) is 48.0 Å². The summed E-state index contributed by atoms with van der Waals surface area (Å²) in [6, 6.07) is 15.2. The van der Waals surface area contributed by atoms with E-state index in [1.807, 2.05) is 26.0 Å². The monoisotopic (exact) mass is 437 g/mol. The number of anilines is 1. The number of benzene rings is 2. The Morgan fingerprint density at radius 2 is 1.80 bits per heavy atom. The summed E-state index contributed by atoms with van der Waals surface area (Å²) in [5, 5.41) is 12.8. The van der Waals surface area contributed by atoms with Gasteiger partial charge >= 0.3 is 0 Å². The van der Waals surface area contributed by atoms with Crippen molar-refractivity contribution in [1.82, 2.24) is 4.57 Å². The summed E-state index contributed by atoms with van der Waals surface area (Å²) in [6.45, 7) is 8.12. The van der Waals surface area contributed by atoms with E-state index in [4.69, 9.17) is 23.2 Å². The van der Waals surface area contributed by atoms with E-state index < -0.39 is 5.91 Å². The van der Waals surface area contributed by atoms with Gasteiger partial charge in [0.15, 0.2) is 0 Å². The van der Waals surface area contributed by atoms with Gasteiger partial charge in [-0.1, -0.05) is 35.3 Å². The summed E-state index contributed by atoms with van der Waals surface area (Å²) >= 11 is 12.1. The first kappa shape index (κ1) is 21.7. The fraction of sp³-hybridized carbons (Fsp3) is 0.167. The first-order valence-electron chi connectivity index (χ1n) is 9.36. The molecule has 2 aromatic carbocycles. The van der Waals surface area contributed by atoms with Crippen LogP contribution in [-0.2, 0) is 4.79 Å². The van der Waals surface area contributed by atoms with Gasteiger partial charge in [0.2, 0.25) is 0 Å². The highest BCUT2D eigenvalue weighted by Gasteiger charge is 2.16. The summed E-state index contributed by atoms with van der Waals surface area (Å²) in [5.41, 5.74) is 6.56. The van der Waals surface area contributed by atoms with Gasteiger partial charge in [-0.15, -0.1) is 0 Å². The molecular formula is C24H21Cl2N3O. The van der Waals surface area contributed by atoms with Gasteiger partial charge in [0.05, 0.1) is 15.7 Å². The van der Waals surface area contributed by atoms with Gasteiger partial charge in [0.1, 0.15) is 11.6 Å². The molecule has 0 unspecified atom stereocenters. The smallest absolute Gasteiger partial charge is 0.266 e. The third kappa shape index (κ3) is 4.28. The second-order valence-electron chi connectivity index (χ2n) is 7.16. The van der Waals surface area contributed by atoms with Gasteiger partial charge in [-0.3, -0.25) is 4.79 Å². The van der Waals surface area contributed by atoms with Crippen LogP contribution in [0.1, 0.15) is 28.1 Å². The zero-order valence-corrected chi connectivity index (χ0v) is 18.7. The number of nitrogens with zero attached hydrogens (tertiary/aromatic N) is 2. The zero-order valence-electron chi connectivity index (χ0n) is 17.2. The highest BCUT2D eigenvalue weighted by atomic mass is 35.5. The number of rotatable bonds is 4. The van der Waals surface area contributed by atoms with Crippen molar-refractivity contribution in [2.45, 2.75) is 27.7 Å². The highest BCUT2D eigenvalue weighted by molar-refractivity contribution is 6.44. The van der Waals surface area contributed by atoms with Gasteiger partial charge in [0.25, 0.3) is 5.91 Å². The number of carbonyl (C=O) groups is 1. The first-order chi connectivity index (χ1) is 14.2. The van der Waals surface area contributed by atoms with E-state index in [1.54, 1.807) is 24.3 Å². The first-order valence-corrected chi connectivity index (χ1v) is 10.1. The molecule has 4 nitrogen and oxygen atoms in total. The summed E-state index contributed by atoms with van der Waals surface area (Å²) in [6.07, 6.45) is 1.59. The zero-order chi connectivity index (χ0) is 22.0. The average Bonchev–Trinajstić information content (AvgIpc) is 2.98. The fourth-order valence-electron chi connectivity index (χ4n) is 3.29. The number of aryl methyl sites for hydroxylation is 3. The van der Waals surface area contributed by atoms with Gasteiger partial charge in [-0.25, -0.2) is 0 Å². The minimum Gasteiger partial charge on any atom is -0.320 e. The fourth-order valence-corrected chi connectivity index (χ4v) is 3.64. The Morgan fingerprint density at radius 3 is 2.47 bits per heavy atom. The number of hydrogen-bond donors (Lipinski definition) is 1. The lowest BCUT2D eigenvalue weighted by Crippen LogP contribution is -2.13. The molecule has 0 aliphatic rings. The average molecular weight is 438 g/mol. The molecule has 1 aromatic heterocycles. The molecule has 0 fully saturated rings. The molecule has 0 atom stereocenters. The Balaban J connectivity index is 1.96. The van der Waals surface area contributed by atoms with E-state index in [0.29, 0.717) is 10.7 Å². The molecule has 0 radical (unpaired) electrons. The van der Waals surface area contributed by atoms with Crippen molar-refractivity contribution in [3.63, 3.8) is 0 Å². The molecule has 0 aliphatic carbocycles. The van der Waals surface area contributed by atoms with E-state index in [0.717, 1.165) is 22.6 Å². The lowest BCUT2D eigenvalue weighted by molar-refractivity contribution is -0.112. The molecule has 1 heterocycles. The number of halogens is 2. The molecule has 6 heteroatoms. The van der Waals surface area contributed by atoms with Gasteiger partial charge < -0.3 is 9.88 Å². The number of carbonyl (C=O) groups excluding carboxylic acids is 1. The SMILES string of the molecule is Cc1ccc(-n2c(C)cc(/C=C(/C#N)C(=O)Nc3cccc(Cl)c3Cl)c2C)cc1C. The maximum atomic E-state index is 12.7. The van der Waals surface area contributed by atoms with E-state index in [9.17, 15) is 10.1 Å². The molecule has 0 saturated carbocycles. The number of amides is 1. The maximum absolute atomic E-state index is 12.7. The van der Waals surface area contributed by atoms with Gasteiger partial charge in [-0.05, 0) is 80.8 Å². The van der Waals surface area contributed by atoms with Crippen molar-refractivity contribution in [3.8, 4) is 11.8 Å². The molecule has 0 saturated heterocycles. The van der Waals surface area contributed by atoms with Crippen LogP contribution in [-0.4, -0.2) is 10.5 Å². The molecule has 3 rings (SSSR count). The second kappa shape index (κ2) is 8.79. The quantitative estimate of drug-likeness (QED) is 0.370. The Bertz CT molecular complexity index is 1220.